The van der Waals surface area contributed by atoms with Gasteiger partial charge in [0.1, 0.15) is 5.75 Å². The lowest BCUT2D eigenvalue weighted by Gasteiger charge is -2.26. The molecule has 0 aromatic carbocycles. The first-order valence-corrected chi connectivity index (χ1v) is 8.95. The number of hydrogen-bond donors (Lipinski definition) is 2. The number of urea groups is 1. The van der Waals surface area contributed by atoms with Crippen molar-refractivity contribution in [1.82, 2.24) is 15.2 Å². The number of rotatable bonds is 3. The SMILES string of the molecule is CCCNC(=O)N1CCC(C2=CB(O)Oc3cnc4c(c32)C=CC4)C1. The summed E-state index contributed by atoms with van der Waals surface area (Å²) >= 11 is 0. The molecule has 4 rings (SSSR count). The van der Waals surface area contributed by atoms with E-state index in [2.05, 4.69) is 22.5 Å². The highest BCUT2D eigenvalue weighted by atomic mass is 16.5. The molecule has 1 aromatic rings. The van der Waals surface area contributed by atoms with Gasteiger partial charge in [-0.05, 0) is 24.4 Å². The Kier molecular flexibility index (Phi) is 4.25. The van der Waals surface area contributed by atoms with Gasteiger partial charge in [-0.2, -0.15) is 0 Å². The van der Waals surface area contributed by atoms with E-state index in [0.717, 1.165) is 48.2 Å². The maximum absolute atomic E-state index is 12.2. The van der Waals surface area contributed by atoms with E-state index in [4.69, 9.17) is 4.65 Å². The predicted octanol–water partition coefficient (Wildman–Crippen LogP) is 1.89. The number of carbonyl (C=O) groups excluding carboxylic acids is 1. The fourth-order valence-corrected chi connectivity index (χ4v) is 3.85. The molecule has 25 heavy (non-hydrogen) atoms. The summed E-state index contributed by atoms with van der Waals surface area (Å²) < 4.78 is 5.56. The number of nitrogens with zero attached hydrogens (tertiary/aromatic N) is 2. The quantitative estimate of drug-likeness (QED) is 0.825. The van der Waals surface area contributed by atoms with Crippen LogP contribution in [0.2, 0.25) is 0 Å². The van der Waals surface area contributed by atoms with Gasteiger partial charge in [0.05, 0.1) is 11.9 Å². The molecule has 0 spiro atoms. The van der Waals surface area contributed by atoms with Crippen LogP contribution in [0.1, 0.15) is 36.6 Å². The summed E-state index contributed by atoms with van der Waals surface area (Å²) in [7, 11) is -0.962. The molecule has 1 fully saturated rings. The number of amides is 2. The Bertz CT molecular complexity index is 762. The van der Waals surface area contributed by atoms with Gasteiger partial charge in [-0.3, -0.25) is 4.98 Å². The Morgan fingerprint density at radius 1 is 1.56 bits per heavy atom. The number of nitrogens with one attached hydrogen (secondary N) is 1. The Morgan fingerprint density at radius 2 is 2.44 bits per heavy atom. The van der Waals surface area contributed by atoms with Crippen LogP contribution in [0.15, 0.2) is 18.2 Å². The molecule has 1 aromatic heterocycles. The van der Waals surface area contributed by atoms with E-state index in [1.165, 1.54) is 0 Å². The van der Waals surface area contributed by atoms with E-state index in [-0.39, 0.29) is 11.9 Å². The second kappa shape index (κ2) is 6.56. The average molecular weight is 339 g/mol. The topological polar surface area (TPSA) is 74.7 Å². The van der Waals surface area contributed by atoms with Gasteiger partial charge in [-0.15, -0.1) is 0 Å². The second-order valence-corrected chi connectivity index (χ2v) is 6.76. The van der Waals surface area contributed by atoms with Crippen LogP contribution in [0.5, 0.6) is 5.75 Å². The molecular weight excluding hydrogens is 317 g/mol. The molecule has 130 valence electrons. The van der Waals surface area contributed by atoms with E-state index < -0.39 is 7.12 Å². The highest BCUT2D eigenvalue weighted by molar-refractivity contribution is 6.52. The van der Waals surface area contributed by atoms with Crippen LogP contribution in [0.25, 0.3) is 11.6 Å². The number of pyridine rings is 1. The fourth-order valence-electron chi connectivity index (χ4n) is 3.85. The van der Waals surface area contributed by atoms with E-state index in [0.29, 0.717) is 18.8 Å². The van der Waals surface area contributed by atoms with Crippen molar-refractivity contribution in [2.75, 3.05) is 19.6 Å². The van der Waals surface area contributed by atoms with E-state index in [1.54, 1.807) is 12.2 Å². The van der Waals surface area contributed by atoms with Crippen LogP contribution in [0.3, 0.4) is 0 Å². The van der Waals surface area contributed by atoms with Gasteiger partial charge in [0.2, 0.25) is 0 Å². The lowest BCUT2D eigenvalue weighted by atomic mass is 9.76. The van der Waals surface area contributed by atoms with Gasteiger partial charge in [-0.1, -0.05) is 19.1 Å². The second-order valence-electron chi connectivity index (χ2n) is 6.76. The minimum Gasteiger partial charge on any atom is -0.531 e. The van der Waals surface area contributed by atoms with Crippen molar-refractivity contribution in [3.63, 3.8) is 0 Å². The smallest absolute Gasteiger partial charge is 0.531 e. The van der Waals surface area contributed by atoms with Crippen molar-refractivity contribution in [1.29, 1.82) is 0 Å². The normalized spacial score (nSPS) is 20.9. The molecule has 2 aliphatic heterocycles. The molecule has 0 radical (unpaired) electrons. The summed E-state index contributed by atoms with van der Waals surface area (Å²) in [4.78, 5) is 18.5. The summed E-state index contributed by atoms with van der Waals surface area (Å²) in [6.45, 7) is 4.13. The first kappa shape index (κ1) is 16.2. The molecule has 1 saturated heterocycles. The third-order valence-corrected chi connectivity index (χ3v) is 5.06. The summed E-state index contributed by atoms with van der Waals surface area (Å²) in [5.41, 5.74) is 4.24. The standard InChI is InChI=1S/C18H22BN3O3/c1-2-7-20-18(23)22-8-6-12(11-22)14-9-19(24)25-16-10-21-15-5-3-4-13(15)17(14)16/h3-4,9-10,12,24H,2,5-8,11H2,1H3,(H,20,23). The van der Waals surface area contributed by atoms with Gasteiger partial charge < -0.3 is 19.9 Å². The number of aromatic nitrogens is 1. The molecule has 1 unspecified atom stereocenters. The maximum Gasteiger partial charge on any atom is 0.552 e. The van der Waals surface area contributed by atoms with Gasteiger partial charge in [-0.25, -0.2) is 4.79 Å². The number of likely N-dealkylation sites (tertiary alicyclic amines) is 1. The van der Waals surface area contributed by atoms with Crippen LogP contribution in [-0.4, -0.2) is 47.7 Å². The zero-order chi connectivity index (χ0) is 17.4. The summed E-state index contributed by atoms with van der Waals surface area (Å²) in [5.74, 6) is 2.61. The summed E-state index contributed by atoms with van der Waals surface area (Å²) in [6.07, 6.45) is 8.53. The van der Waals surface area contributed by atoms with Crippen molar-refractivity contribution >= 4 is 24.8 Å². The van der Waals surface area contributed by atoms with Crippen LogP contribution < -0.4 is 9.97 Å². The minimum atomic E-state index is -0.962. The van der Waals surface area contributed by atoms with Crippen molar-refractivity contribution in [2.45, 2.75) is 26.2 Å². The molecule has 2 N–H and O–H groups in total. The van der Waals surface area contributed by atoms with Gasteiger partial charge in [0.15, 0.2) is 0 Å². The third-order valence-electron chi connectivity index (χ3n) is 5.06. The average Bonchev–Trinajstić information content (AvgIpc) is 3.27. The van der Waals surface area contributed by atoms with Gasteiger partial charge in [0.25, 0.3) is 0 Å². The highest BCUT2D eigenvalue weighted by Crippen LogP contribution is 2.42. The molecule has 0 bridgehead atoms. The monoisotopic (exact) mass is 339 g/mol. The third kappa shape index (κ3) is 2.93. The molecule has 0 saturated carbocycles. The zero-order valence-corrected chi connectivity index (χ0v) is 14.4. The molecule has 3 aliphatic rings. The number of carbonyl (C=O) groups is 1. The Balaban J connectivity index is 1.60. The summed E-state index contributed by atoms with van der Waals surface area (Å²) in [5, 5.41) is 13.0. The van der Waals surface area contributed by atoms with Gasteiger partial charge in [0, 0.05) is 43.1 Å². The maximum atomic E-state index is 12.2. The number of allylic oxidation sites excluding steroid dienone is 1. The summed E-state index contributed by atoms with van der Waals surface area (Å²) in [6, 6.07) is -0.00219. The molecule has 3 heterocycles. The lowest BCUT2D eigenvalue weighted by Crippen LogP contribution is -2.39. The molecule has 1 aliphatic carbocycles. The van der Waals surface area contributed by atoms with Crippen LogP contribution in [0, 0.1) is 5.92 Å². The predicted molar refractivity (Wildman–Crippen MR) is 96.9 cm³/mol. The minimum absolute atomic E-state index is 0.00219. The van der Waals surface area contributed by atoms with E-state index in [9.17, 15) is 9.82 Å². The van der Waals surface area contributed by atoms with Crippen LogP contribution in [0.4, 0.5) is 4.79 Å². The van der Waals surface area contributed by atoms with Crippen molar-refractivity contribution in [3.05, 3.63) is 35.1 Å². The molecule has 6 nitrogen and oxygen atoms in total. The van der Waals surface area contributed by atoms with Crippen LogP contribution in [-0.2, 0) is 6.42 Å². The Hall–Kier alpha value is -2.28. The van der Waals surface area contributed by atoms with E-state index in [1.807, 2.05) is 11.8 Å². The van der Waals surface area contributed by atoms with Crippen LogP contribution >= 0.6 is 0 Å². The lowest BCUT2D eigenvalue weighted by molar-refractivity contribution is 0.208. The first-order valence-electron chi connectivity index (χ1n) is 8.95. The number of hydrogen-bond acceptors (Lipinski definition) is 4. The Morgan fingerprint density at radius 3 is 3.28 bits per heavy atom. The van der Waals surface area contributed by atoms with Crippen molar-refractivity contribution < 1.29 is 14.5 Å². The molecule has 7 heteroatoms. The fraction of sp³-hybridized carbons (Fsp3) is 0.444. The molecule has 2 amide bonds. The van der Waals surface area contributed by atoms with Crippen molar-refractivity contribution in [3.8, 4) is 5.75 Å². The molecular formula is C18H22BN3O3. The van der Waals surface area contributed by atoms with Gasteiger partial charge >= 0.3 is 13.1 Å². The Labute approximate surface area is 147 Å². The number of fused-ring (bicyclic) bond motifs is 3. The largest absolute Gasteiger partial charge is 0.552 e. The van der Waals surface area contributed by atoms with Crippen molar-refractivity contribution in [2.24, 2.45) is 5.92 Å². The first-order chi connectivity index (χ1) is 12.2. The molecule has 1 atom stereocenters. The highest BCUT2D eigenvalue weighted by Gasteiger charge is 2.36. The zero-order valence-electron chi connectivity index (χ0n) is 14.4. The van der Waals surface area contributed by atoms with E-state index >= 15 is 0 Å².